The van der Waals surface area contributed by atoms with E-state index >= 15 is 0 Å². The predicted octanol–water partition coefficient (Wildman–Crippen LogP) is 5.78. The SMILES string of the molecule is COc1ccc(S(=O)(=O)N(CC(=O)Nc2ccc(OCc3ccccc3)cc2)c2cc(Cl)ccc2OC)cc1OC. The van der Waals surface area contributed by atoms with Gasteiger partial charge in [0.25, 0.3) is 10.0 Å². The molecule has 0 aliphatic rings. The average Bonchev–Trinajstić information content (AvgIpc) is 2.99. The second-order valence-electron chi connectivity index (χ2n) is 8.69. The third kappa shape index (κ3) is 7.22. The number of methoxy groups -OCH3 is 3. The van der Waals surface area contributed by atoms with Crippen molar-refractivity contribution in [3.8, 4) is 23.0 Å². The van der Waals surface area contributed by atoms with Crippen molar-refractivity contribution in [2.45, 2.75) is 11.5 Å². The molecule has 0 unspecified atom stereocenters. The molecule has 1 amide bonds. The summed E-state index contributed by atoms with van der Waals surface area (Å²) in [6, 6.07) is 25.2. The molecule has 0 fully saturated rings. The van der Waals surface area contributed by atoms with Crippen LogP contribution in [0.25, 0.3) is 0 Å². The Hall–Kier alpha value is -4.41. The zero-order valence-corrected chi connectivity index (χ0v) is 24.2. The molecule has 0 aliphatic heterocycles. The first kappa shape index (κ1) is 29.6. The van der Waals surface area contributed by atoms with Gasteiger partial charge in [-0.25, -0.2) is 8.42 Å². The Balaban J connectivity index is 1.58. The molecular weight excluding hydrogens is 568 g/mol. The topological polar surface area (TPSA) is 103 Å². The minimum absolute atomic E-state index is 0.0922. The number of benzene rings is 4. The molecule has 4 aromatic rings. The van der Waals surface area contributed by atoms with Crippen LogP contribution in [0.4, 0.5) is 11.4 Å². The lowest BCUT2D eigenvalue weighted by molar-refractivity contribution is -0.114. The van der Waals surface area contributed by atoms with Crippen LogP contribution in [0.5, 0.6) is 23.0 Å². The van der Waals surface area contributed by atoms with Gasteiger partial charge in [0, 0.05) is 16.8 Å². The molecule has 0 aliphatic carbocycles. The monoisotopic (exact) mass is 596 g/mol. The lowest BCUT2D eigenvalue weighted by atomic mass is 10.2. The van der Waals surface area contributed by atoms with Crippen LogP contribution in [0, 0.1) is 0 Å². The maximum absolute atomic E-state index is 13.9. The van der Waals surface area contributed by atoms with E-state index in [1.165, 1.54) is 51.7 Å². The quantitative estimate of drug-likeness (QED) is 0.221. The van der Waals surface area contributed by atoms with Crippen molar-refractivity contribution in [3.63, 3.8) is 0 Å². The van der Waals surface area contributed by atoms with Gasteiger partial charge in [-0.15, -0.1) is 0 Å². The Bertz CT molecular complexity index is 1600. The molecule has 0 radical (unpaired) electrons. The van der Waals surface area contributed by atoms with Crippen molar-refractivity contribution in [1.29, 1.82) is 0 Å². The Morgan fingerprint density at radius 2 is 1.46 bits per heavy atom. The second kappa shape index (κ2) is 13.3. The molecule has 4 rings (SSSR count). The van der Waals surface area contributed by atoms with Gasteiger partial charge in [-0.05, 0) is 60.2 Å². The molecule has 4 aromatic carbocycles. The predicted molar refractivity (Wildman–Crippen MR) is 158 cm³/mol. The standard InChI is InChI=1S/C30H29ClN2O7S/c1-37-27-15-9-22(31)17-26(27)33(41(35,36)25-14-16-28(38-2)29(18-25)39-3)19-30(34)32-23-10-12-24(13-11-23)40-20-21-7-5-4-6-8-21/h4-18H,19-20H2,1-3H3,(H,32,34). The molecule has 214 valence electrons. The third-order valence-corrected chi connectivity index (χ3v) is 8.02. The Kier molecular flexibility index (Phi) is 9.59. The van der Waals surface area contributed by atoms with Gasteiger partial charge in [-0.1, -0.05) is 41.9 Å². The summed E-state index contributed by atoms with van der Waals surface area (Å²) in [5, 5.41) is 3.00. The summed E-state index contributed by atoms with van der Waals surface area (Å²) >= 11 is 6.22. The van der Waals surface area contributed by atoms with Gasteiger partial charge in [0.2, 0.25) is 5.91 Å². The number of carbonyl (C=O) groups is 1. The molecule has 11 heteroatoms. The number of carbonyl (C=O) groups excluding carboxylic acids is 1. The molecule has 1 N–H and O–H groups in total. The smallest absolute Gasteiger partial charge is 0.265 e. The second-order valence-corrected chi connectivity index (χ2v) is 11.0. The van der Waals surface area contributed by atoms with Crippen LogP contribution in [0.2, 0.25) is 5.02 Å². The maximum Gasteiger partial charge on any atom is 0.265 e. The molecule has 0 heterocycles. The van der Waals surface area contributed by atoms with E-state index in [2.05, 4.69) is 5.32 Å². The van der Waals surface area contributed by atoms with Crippen molar-refractivity contribution in [2.75, 3.05) is 37.5 Å². The lowest BCUT2D eigenvalue weighted by Crippen LogP contribution is -2.38. The summed E-state index contributed by atoms with van der Waals surface area (Å²) in [6.07, 6.45) is 0. The van der Waals surface area contributed by atoms with Gasteiger partial charge in [0.1, 0.15) is 24.7 Å². The lowest BCUT2D eigenvalue weighted by Gasteiger charge is -2.26. The van der Waals surface area contributed by atoms with Crippen molar-refractivity contribution >= 4 is 38.9 Å². The van der Waals surface area contributed by atoms with Gasteiger partial charge in [-0.2, -0.15) is 0 Å². The Morgan fingerprint density at radius 1 is 0.805 bits per heavy atom. The van der Waals surface area contributed by atoms with E-state index in [1.54, 1.807) is 30.3 Å². The highest BCUT2D eigenvalue weighted by atomic mass is 35.5. The molecule has 9 nitrogen and oxygen atoms in total. The van der Waals surface area contributed by atoms with E-state index in [0.717, 1.165) is 9.87 Å². The van der Waals surface area contributed by atoms with Crippen LogP contribution in [0.1, 0.15) is 5.56 Å². The highest BCUT2D eigenvalue weighted by Crippen LogP contribution is 2.37. The first-order chi connectivity index (χ1) is 19.7. The van der Waals surface area contributed by atoms with Gasteiger partial charge in [0.15, 0.2) is 11.5 Å². The normalized spacial score (nSPS) is 10.9. The fourth-order valence-corrected chi connectivity index (χ4v) is 5.57. The highest BCUT2D eigenvalue weighted by Gasteiger charge is 2.30. The molecule has 0 aromatic heterocycles. The van der Waals surface area contributed by atoms with E-state index in [0.29, 0.717) is 23.8 Å². The zero-order valence-electron chi connectivity index (χ0n) is 22.7. The van der Waals surface area contributed by atoms with Gasteiger partial charge < -0.3 is 24.3 Å². The van der Waals surface area contributed by atoms with Crippen molar-refractivity contribution in [3.05, 3.63) is 102 Å². The number of rotatable bonds is 12. The maximum atomic E-state index is 13.9. The number of halogens is 1. The van der Waals surface area contributed by atoms with Gasteiger partial charge in [-0.3, -0.25) is 9.10 Å². The van der Waals surface area contributed by atoms with Crippen LogP contribution in [0.3, 0.4) is 0 Å². The molecule has 0 saturated carbocycles. The summed E-state index contributed by atoms with van der Waals surface area (Å²) < 4.78 is 50.5. The number of hydrogen-bond donors (Lipinski definition) is 1. The molecule has 0 bridgehead atoms. The minimum Gasteiger partial charge on any atom is -0.495 e. The van der Waals surface area contributed by atoms with E-state index in [9.17, 15) is 13.2 Å². The summed E-state index contributed by atoms with van der Waals surface area (Å²) in [4.78, 5) is 13.1. The van der Waals surface area contributed by atoms with Gasteiger partial charge in [0.05, 0.1) is 31.9 Å². The van der Waals surface area contributed by atoms with Crippen molar-refractivity contribution in [1.82, 2.24) is 0 Å². The van der Waals surface area contributed by atoms with E-state index in [1.807, 2.05) is 30.3 Å². The van der Waals surface area contributed by atoms with Crippen LogP contribution in [-0.4, -0.2) is 42.2 Å². The fourth-order valence-electron chi connectivity index (χ4n) is 3.97. The molecule has 0 spiro atoms. The third-order valence-electron chi connectivity index (χ3n) is 6.03. The molecular formula is C30H29ClN2O7S. The Morgan fingerprint density at radius 3 is 2.12 bits per heavy atom. The van der Waals surface area contributed by atoms with E-state index in [-0.39, 0.29) is 27.1 Å². The summed E-state index contributed by atoms with van der Waals surface area (Å²) in [6.45, 7) is -0.170. The molecule has 41 heavy (non-hydrogen) atoms. The summed E-state index contributed by atoms with van der Waals surface area (Å²) in [5.41, 5.74) is 1.58. The highest BCUT2D eigenvalue weighted by molar-refractivity contribution is 7.92. The fraction of sp³-hybridized carbons (Fsp3) is 0.167. The van der Waals surface area contributed by atoms with E-state index in [4.69, 9.17) is 30.5 Å². The van der Waals surface area contributed by atoms with Gasteiger partial charge >= 0.3 is 0 Å². The van der Waals surface area contributed by atoms with Crippen LogP contribution < -0.4 is 28.6 Å². The summed E-state index contributed by atoms with van der Waals surface area (Å²) in [7, 11) is -0.0661. The Labute approximate surface area is 244 Å². The number of ether oxygens (including phenoxy) is 4. The van der Waals surface area contributed by atoms with Crippen molar-refractivity contribution in [2.24, 2.45) is 0 Å². The largest absolute Gasteiger partial charge is 0.495 e. The first-order valence-electron chi connectivity index (χ1n) is 12.4. The minimum atomic E-state index is -4.31. The van der Waals surface area contributed by atoms with Crippen molar-refractivity contribution < 1.29 is 32.2 Å². The number of amides is 1. The van der Waals surface area contributed by atoms with E-state index < -0.39 is 22.5 Å². The first-order valence-corrected chi connectivity index (χ1v) is 14.2. The molecule has 0 atom stereocenters. The number of nitrogens with zero attached hydrogens (tertiary/aromatic N) is 1. The average molecular weight is 597 g/mol. The van der Waals surface area contributed by atoms with Crippen LogP contribution in [0.15, 0.2) is 95.9 Å². The number of sulfonamides is 1. The van der Waals surface area contributed by atoms with Crippen LogP contribution in [-0.2, 0) is 21.4 Å². The van der Waals surface area contributed by atoms with Crippen LogP contribution >= 0.6 is 11.6 Å². The summed E-state index contributed by atoms with van der Waals surface area (Å²) in [5.74, 6) is 0.811. The number of hydrogen-bond acceptors (Lipinski definition) is 7. The number of anilines is 2. The number of nitrogens with one attached hydrogen (secondary N) is 1. The zero-order chi connectivity index (χ0) is 29.4. The molecule has 0 saturated heterocycles.